The van der Waals surface area contributed by atoms with Gasteiger partial charge in [0.25, 0.3) is 5.91 Å². The summed E-state index contributed by atoms with van der Waals surface area (Å²) in [6.07, 6.45) is 2.63. The van der Waals surface area contributed by atoms with E-state index < -0.39 is 22.0 Å². The maximum absolute atomic E-state index is 13.1. The molecule has 5 rings (SSSR count). The Morgan fingerprint density at radius 2 is 1.83 bits per heavy atom. The molecule has 180 valence electrons. The number of nitrogens with zero attached hydrogens (tertiary/aromatic N) is 3. The van der Waals surface area contributed by atoms with Crippen LogP contribution in [0.15, 0.2) is 76.7 Å². The first-order valence-corrected chi connectivity index (χ1v) is 13.3. The van der Waals surface area contributed by atoms with Gasteiger partial charge in [-0.1, -0.05) is 35.9 Å². The van der Waals surface area contributed by atoms with Crippen molar-refractivity contribution in [3.8, 4) is 0 Å². The first-order valence-electron chi connectivity index (χ1n) is 11.5. The third-order valence-electron chi connectivity index (χ3n) is 6.43. The molecule has 1 atom stereocenters. The van der Waals surface area contributed by atoms with E-state index in [-0.39, 0.29) is 11.4 Å². The van der Waals surface area contributed by atoms with Crippen LogP contribution in [0.4, 0.5) is 0 Å². The van der Waals surface area contributed by atoms with Crippen molar-refractivity contribution >= 4 is 55.6 Å². The predicted molar refractivity (Wildman–Crippen MR) is 139 cm³/mol. The van der Waals surface area contributed by atoms with Crippen LogP contribution in [0.25, 0.3) is 21.8 Å². The van der Waals surface area contributed by atoms with Gasteiger partial charge in [0.2, 0.25) is 10.0 Å². The van der Waals surface area contributed by atoms with Crippen molar-refractivity contribution < 1.29 is 13.2 Å². The Kier molecular flexibility index (Phi) is 6.35. The summed E-state index contributed by atoms with van der Waals surface area (Å²) in [6.45, 7) is 3.27. The topological polar surface area (TPSA) is 83.8 Å². The molecule has 0 bridgehead atoms. The summed E-state index contributed by atoms with van der Waals surface area (Å²) in [4.78, 5) is 13.0. The number of benzene rings is 3. The highest BCUT2D eigenvalue weighted by molar-refractivity contribution is 7.89. The van der Waals surface area contributed by atoms with Crippen LogP contribution in [0.3, 0.4) is 0 Å². The maximum atomic E-state index is 13.1. The van der Waals surface area contributed by atoms with Crippen molar-refractivity contribution in [1.29, 1.82) is 0 Å². The fourth-order valence-corrected chi connectivity index (χ4v) is 6.55. The highest BCUT2D eigenvalue weighted by Crippen LogP contribution is 2.30. The average molecular weight is 509 g/mol. The number of amides is 1. The monoisotopic (exact) mass is 508 g/mol. The molecule has 0 aliphatic carbocycles. The highest BCUT2D eigenvalue weighted by atomic mass is 35.5. The Hall–Kier alpha value is -3.20. The zero-order valence-electron chi connectivity index (χ0n) is 19.2. The lowest BCUT2D eigenvalue weighted by Gasteiger charge is -2.22. The number of halogens is 1. The summed E-state index contributed by atoms with van der Waals surface area (Å²) in [6, 6.07) is 19.5. The Morgan fingerprint density at radius 3 is 2.60 bits per heavy atom. The van der Waals surface area contributed by atoms with E-state index in [1.807, 2.05) is 24.3 Å². The van der Waals surface area contributed by atoms with Crippen LogP contribution in [-0.2, 0) is 21.4 Å². The van der Waals surface area contributed by atoms with Gasteiger partial charge in [0, 0.05) is 39.9 Å². The third-order valence-corrected chi connectivity index (χ3v) is 8.60. The molecule has 9 heteroatoms. The lowest BCUT2D eigenvalue weighted by atomic mass is 10.1. The molecular weight excluding hydrogens is 484 g/mol. The van der Waals surface area contributed by atoms with E-state index in [2.05, 4.69) is 40.2 Å². The van der Waals surface area contributed by atoms with Crippen LogP contribution in [0.5, 0.6) is 0 Å². The number of hydrazone groups is 1. The summed E-state index contributed by atoms with van der Waals surface area (Å²) in [5, 5.41) is 6.86. The Bertz CT molecular complexity index is 1540. The van der Waals surface area contributed by atoms with Crippen LogP contribution in [-0.4, -0.2) is 42.0 Å². The molecular formula is C26H25ClN4O3S. The number of hydrogen-bond donors (Lipinski definition) is 1. The minimum absolute atomic E-state index is 0.115. The second-order valence-electron chi connectivity index (χ2n) is 8.50. The average Bonchev–Trinajstić information content (AvgIpc) is 3.48. The minimum Gasteiger partial charge on any atom is -0.341 e. The second-order valence-corrected chi connectivity index (χ2v) is 10.8. The molecule has 7 nitrogen and oxygen atoms in total. The lowest BCUT2D eigenvalue weighted by Crippen LogP contribution is -2.44. The smallest absolute Gasteiger partial charge is 0.258 e. The molecule has 1 fully saturated rings. The van der Waals surface area contributed by atoms with Crippen molar-refractivity contribution in [3.63, 3.8) is 0 Å². The fraction of sp³-hybridized carbons (Fsp3) is 0.231. The van der Waals surface area contributed by atoms with Gasteiger partial charge in [-0.25, -0.2) is 13.8 Å². The first-order chi connectivity index (χ1) is 16.9. The number of carbonyl (C=O) groups is 1. The van der Waals surface area contributed by atoms with Gasteiger partial charge in [0.15, 0.2) is 0 Å². The Morgan fingerprint density at radius 1 is 1.09 bits per heavy atom. The molecule has 3 aromatic carbocycles. The molecule has 1 N–H and O–H groups in total. The van der Waals surface area contributed by atoms with Gasteiger partial charge in [-0.3, -0.25) is 4.79 Å². The van der Waals surface area contributed by atoms with Crippen molar-refractivity contribution in [2.45, 2.75) is 37.2 Å². The molecule has 0 saturated carbocycles. The Labute approximate surface area is 209 Å². The molecule has 1 aromatic heterocycles. The number of fused-ring (bicyclic) bond motifs is 3. The Balaban J connectivity index is 1.34. The molecule has 0 radical (unpaired) electrons. The van der Waals surface area contributed by atoms with Gasteiger partial charge < -0.3 is 4.57 Å². The van der Waals surface area contributed by atoms with Crippen LogP contribution >= 0.6 is 11.6 Å². The third kappa shape index (κ3) is 4.33. The van der Waals surface area contributed by atoms with E-state index in [4.69, 9.17) is 11.6 Å². The number of para-hydroxylation sites is 1. The van der Waals surface area contributed by atoms with E-state index in [0.717, 1.165) is 28.4 Å². The van der Waals surface area contributed by atoms with Gasteiger partial charge in [0.05, 0.1) is 11.1 Å². The van der Waals surface area contributed by atoms with E-state index in [1.165, 1.54) is 34.1 Å². The van der Waals surface area contributed by atoms with Gasteiger partial charge in [-0.2, -0.15) is 9.41 Å². The molecule has 1 saturated heterocycles. The summed E-state index contributed by atoms with van der Waals surface area (Å²) in [5.41, 5.74) is 5.70. The predicted octanol–water partition coefficient (Wildman–Crippen LogP) is 4.77. The molecule has 2 heterocycles. The molecule has 0 spiro atoms. The number of nitrogens with one attached hydrogen (secondary N) is 1. The molecule has 0 unspecified atom stereocenters. The number of aryl methyl sites for hydroxylation is 1. The normalized spacial score (nSPS) is 17.0. The van der Waals surface area contributed by atoms with Crippen LogP contribution in [0, 0.1) is 0 Å². The van der Waals surface area contributed by atoms with Crippen molar-refractivity contribution in [2.75, 3.05) is 6.54 Å². The van der Waals surface area contributed by atoms with Crippen molar-refractivity contribution in [2.24, 2.45) is 5.10 Å². The van der Waals surface area contributed by atoms with Crippen LogP contribution in [0.2, 0.25) is 5.02 Å². The molecule has 1 aliphatic rings. The SMILES string of the molecule is CCn1c2ccccc2c2cc(/C=N\NC(=O)[C@@H]3CCCN3S(=O)(=O)c3ccc(Cl)cc3)ccc21. The number of sulfonamides is 1. The standard InChI is InChI=1S/C26H25ClN4O3S/c1-2-30-23-7-4-3-6-21(23)22-16-18(9-14-24(22)30)17-28-29-26(32)25-8-5-15-31(25)35(33,34)20-12-10-19(27)11-13-20/h3-4,6-7,9-14,16-17,25H,2,5,8,15H2,1H3,(H,29,32)/b28-17-/t25-/m0/s1. The number of carbonyl (C=O) groups excluding carboxylic acids is 1. The zero-order valence-corrected chi connectivity index (χ0v) is 20.8. The second kappa shape index (κ2) is 9.45. The molecule has 1 aliphatic heterocycles. The molecule has 35 heavy (non-hydrogen) atoms. The summed E-state index contributed by atoms with van der Waals surface area (Å²) >= 11 is 5.89. The van der Waals surface area contributed by atoms with E-state index >= 15 is 0 Å². The van der Waals surface area contributed by atoms with E-state index in [0.29, 0.717) is 17.9 Å². The first kappa shape index (κ1) is 23.5. The van der Waals surface area contributed by atoms with Crippen molar-refractivity contribution in [3.05, 3.63) is 77.3 Å². The van der Waals surface area contributed by atoms with Gasteiger partial charge in [-0.05, 0) is 67.8 Å². The molecule has 1 amide bonds. The van der Waals surface area contributed by atoms with Crippen LogP contribution in [0.1, 0.15) is 25.3 Å². The fourth-order valence-electron chi connectivity index (χ4n) is 4.77. The highest BCUT2D eigenvalue weighted by Gasteiger charge is 2.39. The largest absolute Gasteiger partial charge is 0.341 e. The quantitative estimate of drug-likeness (QED) is 0.301. The lowest BCUT2D eigenvalue weighted by molar-refractivity contribution is -0.124. The van der Waals surface area contributed by atoms with Gasteiger partial charge in [0.1, 0.15) is 6.04 Å². The van der Waals surface area contributed by atoms with Gasteiger partial charge >= 0.3 is 0 Å². The summed E-state index contributed by atoms with van der Waals surface area (Å²) < 4.78 is 29.7. The number of hydrogen-bond acceptors (Lipinski definition) is 4. The number of aromatic nitrogens is 1. The summed E-state index contributed by atoms with van der Waals surface area (Å²) in [5.74, 6) is -0.444. The molecule has 4 aromatic rings. The summed E-state index contributed by atoms with van der Waals surface area (Å²) in [7, 11) is -3.81. The zero-order chi connectivity index (χ0) is 24.6. The number of rotatable bonds is 6. The van der Waals surface area contributed by atoms with Crippen LogP contribution < -0.4 is 5.43 Å². The van der Waals surface area contributed by atoms with Crippen molar-refractivity contribution in [1.82, 2.24) is 14.3 Å². The van der Waals surface area contributed by atoms with E-state index in [9.17, 15) is 13.2 Å². The minimum atomic E-state index is -3.81. The van der Waals surface area contributed by atoms with Gasteiger partial charge in [-0.15, -0.1) is 0 Å². The van der Waals surface area contributed by atoms with E-state index in [1.54, 1.807) is 6.21 Å². The maximum Gasteiger partial charge on any atom is 0.258 e.